The number of ether oxygens (including phenoxy) is 1. The van der Waals surface area contributed by atoms with E-state index in [2.05, 4.69) is 0 Å². The first-order valence-electron chi connectivity index (χ1n) is 15.8. The van der Waals surface area contributed by atoms with Crippen LogP contribution in [0.15, 0.2) is 30.3 Å². The van der Waals surface area contributed by atoms with E-state index in [9.17, 15) is 14.4 Å². The van der Waals surface area contributed by atoms with Gasteiger partial charge in [0.05, 0.1) is 0 Å². The first kappa shape index (κ1) is 30.4. The molecule has 0 radical (unpaired) electrons. The van der Waals surface area contributed by atoms with E-state index in [0.29, 0.717) is 63.8 Å². The molecule has 222 valence electrons. The first-order valence-corrected chi connectivity index (χ1v) is 15.8. The van der Waals surface area contributed by atoms with E-state index < -0.39 is 11.6 Å². The van der Waals surface area contributed by atoms with E-state index in [1.54, 1.807) is 4.90 Å². The van der Waals surface area contributed by atoms with Crippen LogP contribution >= 0.6 is 0 Å². The molecule has 1 saturated carbocycles. The van der Waals surface area contributed by atoms with Gasteiger partial charge in [0, 0.05) is 39.1 Å². The van der Waals surface area contributed by atoms with Gasteiger partial charge < -0.3 is 19.4 Å². The van der Waals surface area contributed by atoms with E-state index in [1.807, 2.05) is 60.9 Å². The topological polar surface area (TPSA) is 70.2 Å². The fourth-order valence-corrected chi connectivity index (χ4v) is 6.76. The second kappa shape index (κ2) is 14.4. The number of likely N-dealkylation sites (tertiary alicyclic amines) is 1. The predicted octanol–water partition coefficient (Wildman–Crippen LogP) is 6.40. The number of carbonyl (C=O) groups excluding carboxylic acids is 3. The molecule has 0 aromatic heterocycles. The molecule has 2 atom stereocenters. The van der Waals surface area contributed by atoms with Crippen molar-refractivity contribution in [1.29, 1.82) is 0 Å². The second-order valence-corrected chi connectivity index (χ2v) is 13.2. The quantitative estimate of drug-likeness (QED) is 0.432. The molecule has 0 spiro atoms. The van der Waals surface area contributed by atoms with E-state index in [-0.39, 0.29) is 17.9 Å². The lowest BCUT2D eigenvalue weighted by Crippen LogP contribution is -2.47. The number of benzene rings is 1. The first-order chi connectivity index (χ1) is 19.2. The lowest BCUT2D eigenvalue weighted by Gasteiger charge is -2.34. The molecular weight excluding hydrogens is 502 g/mol. The molecule has 3 amide bonds. The Morgan fingerprint density at radius 3 is 2.12 bits per heavy atom. The molecule has 1 aromatic carbocycles. The summed E-state index contributed by atoms with van der Waals surface area (Å²) in [6.45, 7) is 8.79. The summed E-state index contributed by atoms with van der Waals surface area (Å²) >= 11 is 0. The van der Waals surface area contributed by atoms with Crippen LogP contribution in [-0.2, 0) is 20.9 Å². The second-order valence-electron chi connectivity index (χ2n) is 13.2. The summed E-state index contributed by atoms with van der Waals surface area (Å²) in [5.41, 5.74) is 0.510. The van der Waals surface area contributed by atoms with Crippen molar-refractivity contribution in [2.45, 2.75) is 116 Å². The molecule has 40 heavy (non-hydrogen) atoms. The Balaban J connectivity index is 1.50. The average molecular weight is 554 g/mol. The van der Waals surface area contributed by atoms with Gasteiger partial charge in [0.1, 0.15) is 11.6 Å². The molecule has 0 bridgehead atoms. The molecule has 2 saturated heterocycles. The van der Waals surface area contributed by atoms with E-state index >= 15 is 0 Å². The molecule has 1 aliphatic carbocycles. The van der Waals surface area contributed by atoms with Gasteiger partial charge in [-0.15, -0.1) is 0 Å². The highest BCUT2D eigenvalue weighted by Gasteiger charge is 2.39. The Morgan fingerprint density at radius 1 is 0.800 bits per heavy atom. The highest BCUT2D eigenvalue weighted by atomic mass is 16.6. The molecular formula is C33H51N3O4. The van der Waals surface area contributed by atoms with Gasteiger partial charge in [0.15, 0.2) is 0 Å². The zero-order chi connectivity index (χ0) is 28.5. The normalized spacial score (nSPS) is 24.4. The third kappa shape index (κ3) is 8.71. The maximum Gasteiger partial charge on any atom is 0.410 e. The zero-order valence-electron chi connectivity index (χ0n) is 25.1. The maximum atomic E-state index is 14.0. The van der Waals surface area contributed by atoms with Crippen LogP contribution < -0.4 is 0 Å². The summed E-state index contributed by atoms with van der Waals surface area (Å²) in [5, 5.41) is 0. The fourth-order valence-electron chi connectivity index (χ4n) is 6.76. The summed E-state index contributed by atoms with van der Waals surface area (Å²) in [5.74, 6) is 1.03. The number of hydrogen-bond acceptors (Lipinski definition) is 4. The van der Waals surface area contributed by atoms with Crippen molar-refractivity contribution in [1.82, 2.24) is 14.7 Å². The monoisotopic (exact) mass is 553 g/mol. The third-order valence-electron chi connectivity index (χ3n) is 8.92. The summed E-state index contributed by atoms with van der Waals surface area (Å²) in [6.07, 6.45) is 12.5. The standard InChI is InChI=1S/C33H51N3O4/c1-33(2,3)40-32(39)35-22-13-21-34(23-20-28(25-35)27-16-11-6-4-5-7-12-17-27)31(38)29-18-19-30(37)36(29)24-26-14-9-8-10-15-26/h8-10,14-15,27-29H,4-7,11-13,16-25H2,1-3H3. The Bertz CT molecular complexity index is 966. The molecule has 7 heteroatoms. The summed E-state index contributed by atoms with van der Waals surface area (Å²) in [4.78, 5) is 45.8. The molecule has 2 heterocycles. The Morgan fingerprint density at radius 2 is 1.45 bits per heavy atom. The van der Waals surface area contributed by atoms with Crippen molar-refractivity contribution in [3.63, 3.8) is 0 Å². The van der Waals surface area contributed by atoms with Crippen LogP contribution in [0.2, 0.25) is 0 Å². The molecule has 1 aromatic rings. The Kier molecular flexibility index (Phi) is 10.9. The van der Waals surface area contributed by atoms with Crippen LogP contribution in [0.1, 0.15) is 103 Å². The zero-order valence-corrected chi connectivity index (χ0v) is 25.1. The Hall–Kier alpha value is -2.57. The minimum absolute atomic E-state index is 0.0611. The van der Waals surface area contributed by atoms with Crippen molar-refractivity contribution in [3.8, 4) is 0 Å². The maximum absolute atomic E-state index is 14.0. The molecule has 4 rings (SSSR count). The number of nitrogens with zero attached hydrogens (tertiary/aromatic N) is 3. The molecule has 3 fully saturated rings. The van der Waals surface area contributed by atoms with Crippen LogP contribution in [0, 0.1) is 11.8 Å². The molecule has 0 N–H and O–H groups in total. The van der Waals surface area contributed by atoms with Crippen LogP contribution in [0.3, 0.4) is 0 Å². The highest BCUT2D eigenvalue weighted by Crippen LogP contribution is 2.32. The predicted molar refractivity (Wildman–Crippen MR) is 158 cm³/mol. The van der Waals surface area contributed by atoms with Gasteiger partial charge in [-0.25, -0.2) is 4.79 Å². The van der Waals surface area contributed by atoms with Gasteiger partial charge in [0.2, 0.25) is 11.8 Å². The van der Waals surface area contributed by atoms with Crippen LogP contribution in [-0.4, -0.2) is 70.4 Å². The molecule has 3 aliphatic rings. The number of rotatable bonds is 4. The molecule has 2 aliphatic heterocycles. The summed E-state index contributed by atoms with van der Waals surface area (Å²) in [7, 11) is 0. The number of hydrogen-bond donors (Lipinski definition) is 0. The van der Waals surface area contributed by atoms with E-state index in [4.69, 9.17) is 4.74 Å². The van der Waals surface area contributed by atoms with Gasteiger partial charge in [0.25, 0.3) is 0 Å². The van der Waals surface area contributed by atoms with E-state index in [0.717, 1.165) is 12.0 Å². The minimum Gasteiger partial charge on any atom is -0.444 e. The lowest BCUT2D eigenvalue weighted by atomic mass is 9.82. The SMILES string of the molecule is CC(C)(C)OC(=O)N1CCCN(C(=O)C2CCC(=O)N2Cc2ccccc2)CCC(C2CCCCCCCC2)C1. The van der Waals surface area contributed by atoms with Crippen LogP contribution in [0.5, 0.6) is 0 Å². The molecule has 7 nitrogen and oxygen atoms in total. The van der Waals surface area contributed by atoms with Gasteiger partial charge in [-0.05, 0) is 57.4 Å². The van der Waals surface area contributed by atoms with Crippen molar-refractivity contribution in [2.24, 2.45) is 11.8 Å². The highest BCUT2D eigenvalue weighted by molar-refractivity contribution is 5.91. The largest absolute Gasteiger partial charge is 0.444 e. The molecule has 2 unspecified atom stereocenters. The number of amides is 3. The smallest absolute Gasteiger partial charge is 0.410 e. The van der Waals surface area contributed by atoms with Crippen molar-refractivity contribution >= 4 is 17.9 Å². The fraction of sp³-hybridized carbons (Fsp3) is 0.727. The third-order valence-corrected chi connectivity index (χ3v) is 8.92. The lowest BCUT2D eigenvalue weighted by molar-refractivity contribution is -0.142. The van der Waals surface area contributed by atoms with Crippen molar-refractivity contribution in [2.75, 3.05) is 26.2 Å². The Labute approximate surface area is 241 Å². The van der Waals surface area contributed by atoms with Crippen LogP contribution in [0.25, 0.3) is 0 Å². The van der Waals surface area contributed by atoms with Gasteiger partial charge in [-0.1, -0.05) is 81.7 Å². The van der Waals surface area contributed by atoms with Crippen LogP contribution in [0.4, 0.5) is 4.79 Å². The average Bonchev–Trinajstić information content (AvgIpc) is 3.37. The van der Waals surface area contributed by atoms with Gasteiger partial charge >= 0.3 is 6.09 Å². The summed E-state index contributed by atoms with van der Waals surface area (Å²) < 4.78 is 5.82. The summed E-state index contributed by atoms with van der Waals surface area (Å²) in [6, 6.07) is 9.54. The van der Waals surface area contributed by atoms with Gasteiger partial charge in [-0.2, -0.15) is 0 Å². The van der Waals surface area contributed by atoms with Crippen molar-refractivity contribution < 1.29 is 19.1 Å². The number of carbonyl (C=O) groups is 3. The van der Waals surface area contributed by atoms with Crippen molar-refractivity contribution in [3.05, 3.63) is 35.9 Å². The van der Waals surface area contributed by atoms with Gasteiger partial charge in [-0.3, -0.25) is 9.59 Å². The minimum atomic E-state index is -0.539. The van der Waals surface area contributed by atoms with E-state index in [1.165, 1.54) is 51.4 Å².